The molecule has 0 spiro atoms. The van der Waals surface area contributed by atoms with Crippen LogP contribution in [0.5, 0.6) is 0 Å². The monoisotopic (exact) mass is 236 g/mol. The summed E-state index contributed by atoms with van der Waals surface area (Å²) in [5.41, 5.74) is 0.904. The summed E-state index contributed by atoms with van der Waals surface area (Å²) >= 11 is 5.81. The maximum Gasteiger partial charge on any atom is 0.131 e. The third kappa shape index (κ3) is 2.08. The van der Waals surface area contributed by atoms with Gasteiger partial charge in [0.25, 0.3) is 0 Å². The number of hydrogen-bond acceptors (Lipinski definition) is 3. The fraction of sp³-hybridized carbons (Fsp3) is 0.273. The highest BCUT2D eigenvalue weighted by atomic mass is 35.5. The van der Waals surface area contributed by atoms with Crippen LogP contribution in [0, 0.1) is 0 Å². The number of imidazole rings is 1. The van der Waals surface area contributed by atoms with E-state index in [0.717, 1.165) is 11.5 Å². The zero-order valence-corrected chi connectivity index (χ0v) is 9.94. The lowest BCUT2D eigenvalue weighted by atomic mass is 10.2. The van der Waals surface area contributed by atoms with E-state index in [2.05, 4.69) is 15.3 Å². The first-order chi connectivity index (χ1) is 7.72. The number of hydrogen-bond donors (Lipinski definition) is 1. The number of aryl methyl sites for hydroxylation is 1. The van der Waals surface area contributed by atoms with Gasteiger partial charge in [-0.05, 0) is 19.2 Å². The second kappa shape index (κ2) is 4.63. The van der Waals surface area contributed by atoms with Gasteiger partial charge in [-0.1, -0.05) is 11.6 Å². The van der Waals surface area contributed by atoms with Crippen molar-refractivity contribution >= 4 is 11.6 Å². The van der Waals surface area contributed by atoms with Gasteiger partial charge in [-0.2, -0.15) is 0 Å². The molecule has 0 radical (unpaired) electrons. The average Bonchev–Trinajstić information content (AvgIpc) is 2.69. The predicted molar refractivity (Wildman–Crippen MR) is 63.4 cm³/mol. The number of pyridine rings is 1. The fourth-order valence-electron chi connectivity index (χ4n) is 1.62. The minimum absolute atomic E-state index is 0.0164. The number of aromatic nitrogens is 3. The second-order valence-electron chi connectivity index (χ2n) is 3.52. The van der Waals surface area contributed by atoms with Crippen LogP contribution in [0.1, 0.15) is 17.6 Å². The maximum atomic E-state index is 5.81. The Morgan fingerprint density at radius 2 is 2.19 bits per heavy atom. The van der Waals surface area contributed by atoms with Crippen molar-refractivity contribution in [2.75, 3.05) is 7.05 Å². The molecule has 5 heteroatoms. The number of nitrogens with zero attached hydrogens (tertiary/aromatic N) is 3. The molecule has 0 aromatic carbocycles. The Balaban J connectivity index is 2.37. The van der Waals surface area contributed by atoms with E-state index in [9.17, 15) is 0 Å². The summed E-state index contributed by atoms with van der Waals surface area (Å²) in [5, 5.41) is 3.83. The molecular weight excluding hydrogens is 224 g/mol. The van der Waals surface area contributed by atoms with Crippen molar-refractivity contribution in [1.82, 2.24) is 19.9 Å². The zero-order valence-electron chi connectivity index (χ0n) is 9.18. The Morgan fingerprint density at radius 1 is 1.38 bits per heavy atom. The van der Waals surface area contributed by atoms with Crippen LogP contribution in [0.4, 0.5) is 0 Å². The van der Waals surface area contributed by atoms with Crippen LogP contribution in [0.15, 0.2) is 30.7 Å². The molecule has 0 saturated heterocycles. The molecule has 0 saturated carbocycles. The molecule has 1 N–H and O–H groups in total. The lowest BCUT2D eigenvalue weighted by Gasteiger charge is -2.15. The SMILES string of the molecule is CNC(c1ccc(Cl)cn1)c1nccn1C. The highest BCUT2D eigenvalue weighted by molar-refractivity contribution is 6.30. The molecule has 1 unspecified atom stereocenters. The molecule has 2 heterocycles. The van der Waals surface area contributed by atoms with Crippen LogP contribution in [-0.2, 0) is 7.05 Å². The standard InChI is InChI=1S/C11H13ClN4/c1-13-10(11-14-5-6-16(11)2)9-4-3-8(12)7-15-9/h3-7,10,13H,1-2H3. The summed E-state index contributed by atoms with van der Waals surface area (Å²) in [6.07, 6.45) is 5.33. The molecule has 4 nitrogen and oxygen atoms in total. The molecule has 1 atom stereocenters. The van der Waals surface area contributed by atoms with Crippen LogP contribution in [0.2, 0.25) is 5.02 Å². The molecule has 16 heavy (non-hydrogen) atoms. The third-order valence-corrected chi connectivity index (χ3v) is 2.67. The Bertz CT molecular complexity index is 463. The molecular formula is C11H13ClN4. The Morgan fingerprint density at radius 3 is 2.69 bits per heavy atom. The van der Waals surface area contributed by atoms with Crippen molar-refractivity contribution in [2.24, 2.45) is 7.05 Å². The minimum Gasteiger partial charge on any atom is -0.336 e. The normalized spacial score (nSPS) is 12.7. The summed E-state index contributed by atoms with van der Waals surface area (Å²) in [6, 6.07) is 3.72. The number of nitrogens with one attached hydrogen (secondary N) is 1. The van der Waals surface area contributed by atoms with E-state index in [0.29, 0.717) is 5.02 Å². The predicted octanol–water partition coefficient (Wildman–Crippen LogP) is 1.78. The van der Waals surface area contributed by atoms with E-state index in [4.69, 9.17) is 11.6 Å². The van der Waals surface area contributed by atoms with Crippen molar-refractivity contribution in [3.05, 3.63) is 47.3 Å². The smallest absolute Gasteiger partial charge is 0.131 e. The molecule has 2 rings (SSSR count). The Labute approximate surface area is 99.3 Å². The van der Waals surface area contributed by atoms with Gasteiger partial charge < -0.3 is 9.88 Å². The zero-order chi connectivity index (χ0) is 11.5. The van der Waals surface area contributed by atoms with Gasteiger partial charge in [0.05, 0.1) is 10.7 Å². The first-order valence-electron chi connectivity index (χ1n) is 4.98. The van der Waals surface area contributed by atoms with Gasteiger partial charge in [0.2, 0.25) is 0 Å². The van der Waals surface area contributed by atoms with Crippen molar-refractivity contribution in [3.8, 4) is 0 Å². The Hall–Kier alpha value is -1.39. The quantitative estimate of drug-likeness (QED) is 0.884. The van der Waals surface area contributed by atoms with E-state index in [1.165, 1.54) is 0 Å². The van der Waals surface area contributed by atoms with E-state index >= 15 is 0 Å². The highest BCUT2D eigenvalue weighted by Crippen LogP contribution is 2.18. The largest absolute Gasteiger partial charge is 0.336 e. The summed E-state index contributed by atoms with van der Waals surface area (Å²) in [4.78, 5) is 8.61. The van der Waals surface area contributed by atoms with Crippen LogP contribution >= 0.6 is 11.6 Å². The summed E-state index contributed by atoms with van der Waals surface area (Å²) < 4.78 is 1.97. The van der Waals surface area contributed by atoms with E-state index < -0.39 is 0 Å². The molecule has 0 aliphatic rings. The second-order valence-corrected chi connectivity index (χ2v) is 3.96. The lowest BCUT2D eigenvalue weighted by Crippen LogP contribution is -2.22. The first kappa shape index (κ1) is 11.1. The summed E-state index contributed by atoms with van der Waals surface area (Å²) in [6.45, 7) is 0. The molecule has 0 bridgehead atoms. The Kier molecular flexibility index (Phi) is 3.22. The van der Waals surface area contributed by atoms with Gasteiger partial charge >= 0.3 is 0 Å². The van der Waals surface area contributed by atoms with E-state index in [1.807, 2.05) is 37.0 Å². The van der Waals surface area contributed by atoms with Crippen molar-refractivity contribution in [2.45, 2.75) is 6.04 Å². The van der Waals surface area contributed by atoms with Crippen molar-refractivity contribution in [3.63, 3.8) is 0 Å². The molecule has 0 aliphatic carbocycles. The topological polar surface area (TPSA) is 42.7 Å². The molecule has 0 amide bonds. The third-order valence-electron chi connectivity index (χ3n) is 2.45. The fourth-order valence-corrected chi connectivity index (χ4v) is 1.73. The minimum atomic E-state index is -0.0164. The summed E-state index contributed by atoms with van der Waals surface area (Å²) in [7, 11) is 3.85. The van der Waals surface area contributed by atoms with E-state index in [1.54, 1.807) is 12.4 Å². The lowest BCUT2D eigenvalue weighted by molar-refractivity contribution is 0.603. The van der Waals surface area contributed by atoms with Crippen molar-refractivity contribution < 1.29 is 0 Å². The number of halogens is 1. The number of rotatable bonds is 3. The molecule has 0 aliphatic heterocycles. The first-order valence-corrected chi connectivity index (χ1v) is 5.36. The maximum absolute atomic E-state index is 5.81. The molecule has 84 valence electrons. The van der Waals surface area contributed by atoms with Gasteiger partial charge in [0, 0.05) is 25.6 Å². The van der Waals surface area contributed by atoms with Gasteiger partial charge in [0.15, 0.2) is 0 Å². The van der Waals surface area contributed by atoms with Gasteiger partial charge in [0.1, 0.15) is 11.9 Å². The van der Waals surface area contributed by atoms with Crippen LogP contribution in [-0.4, -0.2) is 21.6 Å². The molecule has 0 fully saturated rings. The summed E-state index contributed by atoms with van der Waals surface area (Å²) in [5.74, 6) is 0.928. The van der Waals surface area contributed by atoms with Crippen molar-refractivity contribution in [1.29, 1.82) is 0 Å². The van der Waals surface area contributed by atoms with E-state index in [-0.39, 0.29) is 6.04 Å². The van der Waals surface area contributed by atoms with Gasteiger partial charge in [-0.25, -0.2) is 4.98 Å². The van der Waals surface area contributed by atoms with Gasteiger partial charge in [-0.15, -0.1) is 0 Å². The molecule has 2 aromatic rings. The van der Waals surface area contributed by atoms with Gasteiger partial charge in [-0.3, -0.25) is 4.98 Å². The van der Waals surface area contributed by atoms with Crippen LogP contribution < -0.4 is 5.32 Å². The van der Waals surface area contributed by atoms with Crippen LogP contribution in [0.3, 0.4) is 0 Å². The molecule has 2 aromatic heterocycles. The highest BCUT2D eigenvalue weighted by Gasteiger charge is 2.17. The average molecular weight is 237 g/mol. The van der Waals surface area contributed by atoms with Crippen LogP contribution in [0.25, 0.3) is 0 Å².